The number of nitrogens with zero attached hydrogens (tertiary/aromatic N) is 22. The zero-order chi connectivity index (χ0) is 99.9. The predicted octanol–water partition coefficient (Wildman–Crippen LogP) is 24.6. The predicted molar refractivity (Wildman–Crippen MR) is 525 cm³/mol. The van der Waals surface area contributed by atoms with Crippen LogP contribution in [0.15, 0.2) is 356 Å². The van der Waals surface area contributed by atoms with Gasteiger partial charge in [-0.25, -0.2) is 4.98 Å². The summed E-state index contributed by atoms with van der Waals surface area (Å²) in [5.41, 5.74) is 9.34. The van der Waals surface area contributed by atoms with Gasteiger partial charge in [0.2, 0.25) is 23.8 Å². The van der Waals surface area contributed by atoms with Gasteiger partial charge in [-0.1, -0.05) is 61.9 Å². The molecule has 0 saturated carbocycles. The summed E-state index contributed by atoms with van der Waals surface area (Å²) in [4.78, 5) is 27.5. The van der Waals surface area contributed by atoms with Crippen molar-refractivity contribution in [1.29, 1.82) is 0 Å². The van der Waals surface area contributed by atoms with Crippen LogP contribution in [0.5, 0.6) is 11.5 Å². The van der Waals surface area contributed by atoms with E-state index >= 15 is 0 Å². The highest BCUT2D eigenvalue weighted by Crippen LogP contribution is 2.41. The maximum absolute atomic E-state index is 12.9. The highest BCUT2D eigenvalue weighted by atomic mass is 32.2. The first-order valence-corrected chi connectivity index (χ1v) is 50.1. The van der Waals surface area contributed by atoms with E-state index in [1.807, 2.05) is 26.0 Å². The molecular formula is C93H86N26O17S5. The van der Waals surface area contributed by atoms with E-state index in [2.05, 4.69) is 103 Å². The highest BCUT2D eigenvalue weighted by molar-refractivity contribution is 7.87. The van der Waals surface area contributed by atoms with Crippen molar-refractivity contribution in [2.45, 2.75) is 86.3 Å². The summed E-state index contributed by atoms with van der Waals surface area (Å²) in [6.07, 6.45) is 1.37. The Morgan fingerprint density at radius 2 is 0.667 bits per heavy atom. The Hall–Kier alpha value is -16.2. The molecular weight excluding hydrogens is 1910 g/mol. The fourth-order valence-electron chi connectivity index (χ4n) is 13.0. The number of hydrogen-bond donors (Lipinski definition) is 9. The molecule has 0 aliphatic carbocycles. The third-order valence-corrected chi connectivity index (χ3v) is 24.4. The number of azo groups is 8. The van der Waals surface area contributed by atoms with Gasteiger partial charge in [0, 0.05) is 49.3 Å². The summed E-state index contributed by atoms with van der Waals surface area (Å²) in [6, 6.07) is 66.2. The summed E-state index contributed by atoms with van der Waals surface area (Å²) in [5, 5.41) is 81.8. The van der Waals surface area contributed by atoms with E-state index in [1.165, 1.54) is 72.8 Å². The lowest BCUT2D eigenvalue weighted by Crippen LogP contribution is -2.19. The first-order chi connectivity index (χ1) is 67.5. The van der Waals surface area contributed by atoms with Crippen molar-refractivity contribution in [3.8, 4) is 11.5 Å². The largest absolute Gasteiger partial charge is 0.493 e. The zero-order valence-electron chi connectivity index (χ0n) is 75.3. The lowest BCUT2D eigenvalue weighted by molar-refractivity contribution is 0.311. The SMILES string of the molecule is CCCCOc1cc(N=Nc2ccc(N=Nc3ccccc3)cc2S(=O)(=O)O)c(C)cc1Nc1nc(NCCNc2nc(Cc3ccc(N=Nc4ccc(N=Nc5ccccc5)cc4S(=O)(=O)O)c(C)c3)nc(Cc3cc(C)c(N=Nc4ccc(N=Nc5ccc(S(=O)(=O)O)cc5)cc4)cc3OCCCS(=O)(=O)O)n2)nc(Nc2ccc(N=Nc3ccc(N=Nc4ccc(S(=O)(=O)O)cc4)cc3)c(C)c2)n1. The van der Waals surface area contributed by atoms with E-state index in [0.29, 0.717) is 114 Å². The molecule has 0 fully saturated rings. The fraction of sp³-hybridized carbons (Fsp3) is 0.161. The van der Waals surface area contributed by atoms with Crippen LogP contribution < -0.4 is 30.7 Å². The van der Waals surface area contributed by atoms with E-state index < -0.39 is 66.1 Å². The number of benzene rings is 12. The average Bonchev–Trinajstić information content (AvgIpc) is 0.806. The van der Waals surface area contributed by atoms with Gasteiger partial charge in [0.05, 0.1) is 114 Å². The molecule has 0 unspecified atom stereocenters. The second-order valence-corrected chi connectivity index (χ2v) is 38.1. The Labute approximate surface area is 808 Å². The minimum Gasteiger partial charge on any atom is -0.493 e. The molecule has 0 radical (unpaired) electrons. The lowest BCUT2D eigenvalue weighted by atomic mass is 10.0. The Morgan fingerprint density at radius 1 is 0.305 bits per heavy atom. The molecule has 48 heteroatoms. The van der Waals surface area contributed by atoms with Crippen LogP contribution in [-0.2, 0) is 63.4 Å². The van der Waals surface area contributed by atoms with Crippen LogP contribution in [0.1, 0.15) is 71.2 Å². The molecule has 9 N–H and O–H groups in total. The Kier molecular flexibility index (Phi) is 32.8. The Morgan fingerprint density at radius 3 is 1.13 bits per heavy atom. The molecule has 14 aromatic rings. The molecule has 0 atom stereocenters. The van der Waals surface area contributed by atoms with Crippen LogP contribution in [-0.4, -0.2) is 127 Å². The number of aromatic nitrogens is 6. The van der Waals surface area contributed by atoms with Crippen LogP contribution in [0, 0.1) is 27.7 Å². The van der Waals surface area contributed by atoms with Gasteiger partial charge in [-0.3, -0.25) is 22.8 Å². The molecule has 0 spiro atoms. The van der Waals surface area contributed by atoms with Crippen molar-refractivity contribution in [1.82, 2.24) is 29.9 Å². The zero-order valence-corrected chi connectivity index (χ0v) is 79.4. The molecule has 14 rings (SSSR count). The number of aryl methyl sites for hydroxylation is 4. The molecule has 0 amide bonds. The summed E-state index contributed by atoms with van der Waals surface area (Å²) >= 11 is 0. The van der Waals surface area contributed by atoms with Gasteiger partial charge in [0.1, 0.15) is 44.3 Å². The van der Waals surface area contributed by atoms with Crippen LogP contribution in [0.25, 0.3) is 0 Å². The molecule has 141 heavy (non-hydrogen) atoms. The van der Waals surface area contributed by atoms with Crippen LogP contribution >= 0.6 is 0 Å². The monoisotopic (exact) mass is 2000 g/mol. The summed E-state index contributed by atoms with van der Waals surface area (Å²) in [7, 11) is -22.9. The van der Waals surface area contributed by atoms with Crippen molar-refractivity contribution in [2.24, 2.45) is 81.8 Å². The number of unbranched alkanes of at least 4 members (excludes halogenated alkanes) is 1. The van der Waals surface area contributed by atoms with Gasteiger partial charge in [-0.2, -0.15) is 139 Å². The number of hydrogen-bond acceptors (Lipinski definition) is 38. The Bertz CT molecular complexity index is 7820. The maximum atomic E-state index is 12.9. The van der Waals surface area contributed by atoms with Crippen molar-refractivity contribution in [3.63, 3.8) is 0 Å². The van der Waals surface area contributed by atoms with E-state index in [-0.39, 0.29) is 131 Å². The molecule has 0 aliphatic heterocycles. The molecule has 0 aliphatic rings. The minimum absolute atomic E-state index is 0.00953. The molecule has 0 bridgehead atoms. The first kappa shape index (κ1) is 101. The molecule has 12 aromatic carbocycles. The van der Waals surface area contributed by atoms with Crippen molar-refractivity contribution in [2.75, 3.05) is 53.3 Å². The number of nitrogens with one attached hydrogen (secondary N) is 4. The lowest BCUT2D eigenvalue weighted by Gasteiger charge is -2.16. The van der Waals surface area contributed by atoms with E-state index in [9.17, 15) is 64.9 Å². The van der Waals surface area contributed by atoms with E-state index in [4.69, 9.17) is 39.4 Å². The van der Waals surface area contributed by atoms with Gasteiger partial charge in [0.25, 0.3) is 50.6 Å². The van der Waals surface area contributed by atoms with E-state index in [0.717, 1.165) is 18.6 Å². The van der Waals surface area contributed by atoms with Crippen molar-refractivity contribution >= 4 is 177 Å². The summed E-state index contributed by atoms with van der Waals surface area (Å²) in [6.45, 7) is 9.38. The standard InChI is InChI=1S/C93H86N26O17S5/c1-6-7-45-136-85-57-82(119-117-80-42-34-74(55-87(80)141(132,133)134)113-105-65-17-12-9-13-18-65)61(5)51-83(85)97-93-102-91(101-92(103-93)96-72-32-40-78(60(4)50-72)114-110-68-24-20-66(21-25-68)106-108-70-28-35-75(36-29-70)138(123,124)125)95-44-43-94-90-99-88(52-62-19-39-77(58(2)48-62)115-116-79-41-33-73(54-86(79)140(129,130)131)112-104-64-15-10-8-11-16-64)98-89(100-90)53-63-49-59(3)81(56-84(63)135-46-14-47-137(120,121)122)118-111-69-26-22-67(23-27-69)107-109-71-30-37-76(38-31-71)139(126,127)128/h8-13,15-42,48-51,54-57H,6-7,14,43-47,52-53H2,1-5H3,(H,120,121,122)(H,123,124,125)(H,126,127,128)(H,129,130,131)(H,132,133,134)(H,94,98,99,100)(H3,95,96,97,101,102,103). The van der Waals surface area contributed by atoms with Gasteiger partial charge in [-0.15, -0.1) is 10.2 Å². The molecule has 720 valence electrons. The topological polar surface area (TPSA) is 614 Å². The van der Waals surface area contributed by atoms with Crippen molar-refractivity contribution < 1.29 is 74.3 Å². The second kappa shape index (κ2) is 45.8. The fourth-order valence-corrected chi connectivity index (χ4v) is 15.7. The highest BCUT2D eigenvalue weighted by Gasteiger charge is 2.23. The van der Waals surface area contributed by atoms with E-state index in [1.54, 1.807) is 178 Å². The second-order valence-electron chi connectivity index (χ2n) is 30.9. The van der Waals surface area contributed by atoms with Gasteiger partial charge in [-0.05, 0) is 262 Å². The van der Waals surface area contributed by atoms with Crippen LogP contribution in [0.3, 0.4) is 0 Å². The van der Waals surface area contributed by atoms with Crippen molar-refractivity contribution in [3.05, 3.63) is 300 Å². The van der Waals surface area contributed by atoms with Gasteiger partial charge < -0.3 is 30.7 Å². The number of rotatable bonds is 42. The average molecular weight is 2000 g/mol. The minimum atomic E-state index is -4.87. The summed E-state index contributed by atoms with van der Waals surface area (Å²) < 4.78 is 183. The third kappa shape index (κ3) is 29.9. The molecule has 43 nitrogen and oxygen atoms in total. The Balaban J connectivity index is 0.760. The molecule has 2 heterocycles. The quantitative estimate of drug-likeness (QED) is 0.00974. The third-order valence-electron chi connectivity index (χ3n) is 20.1. The van der Waals surface area contributed by atoms with Crippen LogP contribution in [0.4, 0.5) is 126 Å². The molecule has 2 aromatic heterocycles. The van der Waals surface area contributed by atoms with Gasteiger partial charge in [0.15, 0.2) is 0 Å². The maximum Gasteiger partial charge on any atom is 0.296 e. The summed E-state index contributed by atoms with van der Waals surface area (Å²) in [5.74, 6) is 0.620. The number of anilines is 6. The normalized spacial score (nSPS) is 12.4. The van der Waals surface area contributed by atoms with Gasteiger partial charge >= 0.3 is 0 Å². The molecule has 0 saturated heterocycles. The first-order valence-electron chi connectivity index (χ1n) is 42.7. The van der Waals surface area contributed by atoms with Crippen LogP contribution in [0.2, 0.25) is 0 Å². The number of ether oxygens (including phenoxy) is 2. The smallest absolute Gasteiger partial charge is 0.296 e.